The first-order valence-corrected chi connectivity index (χ1v) is 8.28. The van der Waals surface area contributed by atoms with Crippen LogP contribution in [0.1, 0.15) is 24.0 Å². The van der Waals surface area contributed by atoms with E-state index < -0.39 is 34.6 Å². The predicted molar refractivity (Wildman–Crippen MR) is 74.9 cm³/mol. The number of hydrogen-bond acceptors (Lipinski definition) is 3. The summed E-state index contributed by atoms with van der Waals surface area (Å²) in [5, 5.41) is 9.61. The van der Waals surface area contributed by atoms with Gasteiger partial charge in [-0.1, -0.05) is 17.7 Å². The number of halogens is 3. The van der Waals surface area contributed by atoms with Gasteiger partial charge in [-0.25, -0.2) is 8.42 Å². The van der Waals surface area contributed by atoms with Crippen molar-refractivity contribution in [3.8, 4) is 0 Å². The van der Waals surface area contributed by atoms with E-state index in [2.05, 4.69) is 0 Å². The van der Waals surface area contributed by atoms with Crippen LogP contribution in [0.2, 0.25) is 0 Å². The van der Waals surface area contributed by atoms with E-state index in [1.807, 2.05) is 6.92 Å². The number of rotatable bonds is 2. The first-order valence-electron chi connectivity index (χ1n) is 6.84. The number of aliphatic hydroxyl groups is 1. The van der Waals surface area contributed by atoms with Crippen molar-refractivity contribution in [1.29, 1.82) is 0 Å². The topological polar surface area (TPSA) is 57.6 Å². The molecule has 2 rings (SSSR count). The molecule has 22 heavy (non-hydrogen) atoms. The van der Waals surface area contributed by atoms with E-state index in [4.69, 9.17) is 0 Å². The van der Waals surface area contributed by atoms with E-state index >= 15 is 0 Å². The van der Waals surface area contributed by atoms with Crippen molar-refractivity contribution in [2.75, 3.05) is 13.1 Å². The summed E-state index contributed by atoms with van der Waals surface area (Å²) in [7, 11) is -3.85. The third-order valence-electron chi connectivity index (χ3n) is 4.03. The molecule has 4 nitrogen and oxygen atoms in total. The van der Waals surface area contributed by atoms with Crippen molar-refractivity contribution in [3.63, 3.8) is 0 Å². The van der Waals surface area contributed by atoms with Crippen LogP contribution >= 0.6 is 0 Å². The average molecular weight is 337 g/mol. The standard InChI is InChI=1S/C14H18F3NO3S/c1-10-3-4-12(11(2)9-10)22(20,21)18-7-5-13(19,6-8-18)14(15,16)17/h3-4,9,19H,5-8H2,1-2H3. The van der Waals surface area contributed by atoms with E-state index in [1.54, 1.807) is 19.1 Å². The molecule has 0 unspecified atom stereocenters. The van der Waals surface area contributed by atoms with Gasteiger partial charge in [0.15, 0.2) is 5.60 Å². The van der Waals surface area contributed by atoms with Gasteiger partial charge in [-0.2, -0.15) is 17.5 Å². The minimum Gasteiger partial charge on any atom is -0.380 e. The highest BCUT2D eigenvalue weighted by Crippen LogP contribution is 2.39. The summed E-state index contributed by atoms with van der Waals surface area (Å²) in [4.78, 5) is 0.0931. The highest BCUT2D eigenvalue weighted by atomic mass is 32.2. The summed E-state index contributed by atoms with van der Waals surface area (Å²) in [5.74, 6) is 0. The van der Waals surface area contributed by atoms with Gasteiger partial charge in [0.1, 0.15) is 0 Å². The Labute approximate surface area is 127 Å². The Morgan fingerprint density at radius 1 is 1.18 bits per heavy atom. The normalized spacial score (nSPS) is 20.1. The molecule has 0 saturated carbocycles. The number of alkyl halides is 3. The SMILES string of the molecule is Cc1ccc(S(=O)(=O)N2CCC(O)(C(F)(F)F)CC2)c(C)c1. The maximum absolute atomic E-state index is 12.8. The number of aryl methyl sites for hydroxylation is 2. The quantitative estimate of drug-likeness (QED) is 0.901. The first-order chi connectivity index (χ1) is 9.97. The van der Waals surface area contributed by atoms with Crippen LogP contribution in [0.5, 0.6) is 0 Å². The molecule has 1 aliphatic heterocycles. The molecule has 1 saturated heterocycles. The van der Waals surface area contributed by atoms with Crippen molar-refractivity contribution < 1.29 is 26.7 Å². The smallest absolute Gasteiger partial charge is 0.380 e. The monoisotopic (exact) mass is 337 g/mol. The van der Waals surface area contributed by atoms with Crippen LogP contribution in [0.3, 0.4) is 0 Å². The lowest BCUT2D eigenvalue weighted by Gasteiger charge is -2.38. The van der Waals surface area contributed by atoms with Gasteiger partial charge in [-0.05, 0) is 38.3 Å². The van der Waals surface area contributed by atoms with E-state index in [0.29, 0.717) is 5.56 Å². The van der Waals surface area contributed by atoms with E-state index in [-0.39, 0.29) is 18.0 Å². The lowest BCUT2D eigenvalue weighted by atomic mass is 9.92. The fourth-order valence-electron chi connectivity index (χ4n) is 2.61. The maximum Gasteiger partial charge on any atom is 0.417 e. The molecule has 1 aliphatic rings. The second-order valence-electron chi connectivity index (χ2n) is 5.70. The van der Waals surface area contributed by atoms with Crippen molar-refractivity contribution in [1.82, 2.24) is 4.31 Å². The molecule has 1 N–H and O–H groups in total. The highest BCUT2D eigenvalue weighted by molar-refractivity contribution is 7.89. The average Bonchev–Trinajstić information content (AvgIpc) is 2.37. The Bertz CT molecular complexity index is 662. The molecule has 1 heterocycles. The van der Waals surface area contributed by atoms with Gasteiger partial charge in [0, 0.05) is 13.1 Å². The number of nitrogens with zero attached hydrogens (tertiary/aromatic N) is 1. The lowest BCUT2D eigenvalue weighted by molar-refractivity contribution is -0.270. The van der Waals surface area contributed by atoms with Crippen molar-refractivity contribution in [2.45, 2.75) is 43.4 Å². The van der Waals surface area contributed by atoms with Crippen LogP contribution < -0.4 is 0 Å². The van der Waals surface area contributed by atoms with E-state index in [9.17, 15) is 26.7 Å². The molecule has 1 aromatic carbocycles. The number of sulfonamides is 1. The molecule has 0 aromatic heterocycles. The van der Waals surface area contributed by atoms with Gasteiger partial charge < -0.3 is 5.11 Å². The van der Waals surface area contributed by atoms with Crippen LogP contribution in [-0.4, -0.2) is 42.7 Å². The summed E-state index contributed by atoms with van der Waals surface area (Å²) >= 11 is 0. The fraction of sp³-hybridized carbons (Fsp3) is 0.571. The Morgan fingerprint density at radius 3 is 2.18 bits per heavy atom. The Kier molecular flexibility index (Phi) is 4.31. The van der Waals surface area contributed by atoms with Crippen LogP contribution in [0, 0.1) is 13.8 Å². The van der Waals surface area contributed by atoms with Gasteiger partial charge in [0.2, 0.25) is 10.0 Å². The molecule has 124 valence electrons. The minimum atomic E-state index is -4.75. The number of hydrogen-bond donors (Lipinski definition) is 1. The van der Waals surface area contributed by atoms with Gasteiger partial charge in [-0.15, -0.1) is 0 Å². The summed E-state index contributed by atoms with van der Waals surface area (Å²) < 4.78 is 64.4. The number of benzene rings is 1. The molecule has 8 heteroatoms. The van der Waals surface area contributed by atoms with Crippen molar-refractivity contribution >= 4 is 10.0 Å². The first kappa shape index (κ1) is 17.2. The molecule has 0 atom stereocenters. The Balaban J connectivity index is 2.23. The fourth-order valence-corrected chi connectivity index (χ4v) is 4.26. The van der Waals surface area contributed by atoms with Crippen LogP contribution in [0.15, 0.2) is 23.1 Å². The molecular formula is C14H18F3NO3S. The molecule has 0 spiro atoms. The summed E-state index contributed by atoms with van der Waals surface area (Å²) in [6.07, 6.45) is -6.05. The second-order valence-corrected chi connectivity index (χ2v) is 7.61. The molecule has 0 radical (unpaired) electrons. The predicted octanol–water partition coefficient (Wildman–Crippen LogP) is 2.38. The van der Waals surface area contributed by atoms with Crippen LogP contribution in [-0.2, 0) is 10.0 Å². The largest absolute Gasteiger partial charge is 0.417 e. The second kappa shape index (κ2) is 5.50. The molecule has 1 aromatic rings. The van der Waals surface area contributed by atoms with Crippen molar-refractivity contribution in [2.24, 2.45) is 0 Å². The highest BCUT2D eigenvalue weighted by Gasteiger charge is 2.55. The van der Waals surface area contributed by atoms with Gasteiger partial charge in [-0.3, -0.25) is 0 Å². The summed E-state index contributed by atoms with van der Waals surface area (Å²) in [5.41, 5.74) is -1.35. The molecule has 0 bridgehead atoms. The zero-order valence-corrected chi connectivity index (χ0v) is 13.1. The third-order valence-corrected chi connectivity index (χ3v) is 6.08. The lowest BCUT2D eigenvalue weighted by Crippen LogP contribution is -2.54. The van der Waals surface area contributed by atoms with Crippen molar-refractivity contribution in [3.05, 3.63) is 29.3 Å². The molecular weight excluding hydrogens is 319 g/mol. The molecule has 0 aliphatic carbocycles. The molecule has 0 amide bonds. The summed E-state index contributed by atoms with van der Waals surface area (Å²) in [6.45, 7) is 2.76. The Hall–Kier alpha value is -1.12. The number of piperidine rings is 1. The summed E-state index contributed by atoms with van der Waals surface area (Å²) in [6, 6.07) is 4.82. The van der Waals surface area contributed by atoms with E-state index in [0.717, 1.165) is 9.87 Å². The zero-order chi connectivity index (χ0) is 16.8. The zero-order valence-electron chi connectivity index (χ0n) is 12.3. The van der Waals surface area contributed by atoms with Crippen LogP contribution in [0.4, 0.5) is 13.2 Å². The van der Waals surface area contributed by atoms with Gasteiger partial charge in [0.05, 0.1) is 4.90 Å². The van der Waals surface area contributed by atoms with Gasteiger partial charge >= 0.3 is 6.18 Å². The third kappa shape index (κ3) is 3.00. The van der Waals surface area contributed by atoms with E-state index in [1.165, 1.54) is 6.07 Å². The van der Waals surface area contributed by atoms with Crippen LogP contribution in [0.25, 0.3) is 0 Å². The minimum absolute atomic E-state index is 0.0931. The van der Waals surface area contributed by atoms with Gasteiger partial charge in [0.25, 0.3) is 0 Å². The maximum atomic E-state index is 12.8. The molecule has 1 fully saturated rings. The Morgan fingerprint density at radius 2 is 1.73 bits per heavy atom.